The topological polar surface area (TPSA) is 78.9 Å². The molecule has 0 amide bonds. The van der Waals surface area contributed by atoms with Crippen LogP contribution in [-0.4, -0.2) is 0 Å². The Labute approximate surface area is 138 Å². The van der Waals surface area contributed by atoms with Gasteiger partial charge in [-0.3, -0.25) is 0 Å². The summed E-state index contributed by atoms with van der Waals surface area (Å²) in [7, 11) is 0. The normalized spacial score (nSPS) is 11.2. The van der Waals surface area contributed by atoms with E-state index in [2.05, 4.69) is 25.6 Å². The Morgan fingerprint density at radius 3 is 1.12 bits per heavy atom. The molecule has 0 spiro atoms. The van der Waals surface area contributed by atoms with Crippen molar-refractivity contribution < 1.29 is 0 Å². The van der Waals surface area contributed by atoms with Gasteiger partial charge >= 0.3 is 0 Å². The van der Waals surface area contributed by atoms with Crippen molar-refractivity contribution in [3.8, 4) is 0 Å². The average molecular weight is 315 g/mol. The zero-order valence-electron chi connectivity index (χ0n) is 12.6. The van der Waals surface area contributed by atoms with Crippen LogP contribution in [0.1, 0.15) is 0 Å². The number of nitrogens with zero attached hydrogens (tertiary/aromatic N) is 5. The van der Waals surface area contributed by atoms with Crippen molar-refractivity contribution in [3.63, 3.8) is 0 Å². The summed E-state index contributed by atoms with van der Waals surface area (Å²) >= 11 is 0. The summed E-state index contributed by atoms with van der Waals surface area (Å²) in [6, 6.07) is 23.3. The van der Waals surface area contributed by atoms with E-state index in [0.717, 1.165) is 11.4 Å². The first-order chi connectivity index (χ1) is 11.8. The molecule has 3 aromatic rings. The molecule has 0 aromatic heterocycles. The summed E-state index contributed by atoms with van der Waals surface area (Å²) in [4.78, 5) is 10.4. The minimum absolute atomic E-state index is 0.363. The van der Waals surface area contributed by atoms with E-state index >= 15 is 0 Å². The highest BCUT2D eigenvalue weighted by atomic mass is 16.3. The monoisotopic (exact) mass is 315 g/mol. The Balaban J connectivity index is 1.66. The van der Waals surface area contributed by atoms with Crippen molar-refractivity contribution in [1.29, 1.82) is 0 Å². The third-order valence-corrected chi connectivity index (χ3v) is 3.12. The Kier molecular flexibility index (Phi) is 4.89. The quantitative estimate of drug-likeness (QED) is 0.372. The van der Waals surface area contributed by atoms with E-state index in [1.807, 2.05) is 54.6 Å². The van der Waals surface area contributed by atoms with Gasteiger partial charge in [0.25, 0.3) is 0 Å². The van der Waals surface area contributed by atoms with Crippen LogP contribution in [0.4, 0.5) is 28.4 Å². The highest BCUT2D eigenvalue weighted by Crippen LogP contribution is 2.24. The van der Waals surface area contributed by atoms with Gasteiger partial charge in [-0.15, -0.1) is 4.91 Å². The fraction of sp³-hybridized carbons (Fsp3) is 0. The second-order valence-electron chi connectivity index (χ2n) is 4.86. The third kappa shape index (κ3) is 4.23. The van der Waals surface area contributed by atoms with E-state index in [0.29, 0.717) is 17.1 Å². The smallest absolute Gasteiger partial charge is 0.108 e. The van der Waals surface area contributed by atoms with Gasteiger partial charge in [0.05, 0.1) is 22.7 Å². The number of hydrogen-bond donors (Lipinski definition) is 0. The molecule has 6 nitrogen and oxygen atoms in total. The minimum atomic E-state index is 0.363. The molecule has 0 aliphatic carbocycles. The molecule has 3 rings (SSSR count). The summed E-state index contributed by atoms with van der Waals surface area (Å²) in [5.41, 5.74) is 3.25. The van der Waals surface area contributed by atoms with Gasteiger partial charge in [-0.05, 0) is 65.8 Å². The van der Waals surface area contributed by atoms with Crippen molar-refractivity contribution in [1.82, 2.24) is 0 Å². The minimum Gasteiger partial charge on any atom is -0.151 e. The molecule has 0 saturated heterocycles. The average Bonchev–Trinajstić information content (AvgIpc) is 2.67. The molecule has 116 valence electrons. The van der Waals surface area contributed by atoms with Crippen LogP contribution in [-0.2, 0) is 0 Å². The lowest BCUT2D eigenvalue weighted by molar-refractivity contribution is 1.21. The van der Waals surface area contributed by atoms with Crippen LogP contribution in [0.2, 0.25) is 0 Å². The highest BCUT2D eigenvalue weighted by Gasteiger charge is 1.95. The molecule has 0 saturated carbocycles. The molecule has 0 heterocycles. The standard InChI is InChI=1S/C18H13N5O/c24-23-18-12-10-17(11-13-18)22-21-16-8-6-15(7-9-16)20-19-14-4-2-1-3-5-14/h1-13H. The molecule has 0 aliphatic rings. The number of rotatable bonds is 5. The highest BCUT2D eigenvalue weighted by molar-refractivity contribution is 5.49. The number of azo groups is 2. The maximum atomic E-state index is 10.4. The first kappa shape index (κ1) is 15.4. The van der Waals surface area contributed by atoms with Crippen molar-refractivity contribution >= 4 is 28.4 Å². The van der Waals surface area contributed by atoms with Gasteiger partial charge in [0.1, 0.15) is 5.69 Å². The van der Waals surface area contributed by atoms with E-state index in [9.17, 15) is 4.91 Å². The predicted octanol–water partition coefficient (Wildman–Crippen LogP) is 6.92. The molecule has 0 unspecified atom stereocenters. The van der Waals surface area contributed by atoms with Gasteiger partial charge in [-0.1, -0.05) is 18.2 Å². The number of benzene rings is 3. The molecule has 0 bridgehead atoms. The molecular weight excluding hydrogens is 302 g/mol. The van der Waals surface area contributed by atoms with E-state index in [4.69, 9.17) is 0 Å². The summed E-state index contributed by atoms with van der Waals surface area (Å²) in [6.07, 6.45) is 0. The molecule has 3 aromatic carbocycles. The third-order valence-electron chi connectivity index (χ3n) is 3.12. The van der Waals surface area contributed by atoms with Crippen LogP contribution in [0.25, 0.3) is 0 Å². The predicted molar refractivity (Wildman–Crippen MR) is 93.1 cm³/mol. The summed E-state index contributed by atoms with van der Waals surface area (Å²) in [6.45, 7) is 0. The van der Waals surface area contributed by atoms with Crippen LogP contribution >= 0.6 is 0 Å². The lowest BCUT2D eigenvalue weighted by Gasteiger charge is -1.95. The fourth-order valence-corrected chi connectivity index (χ4v) is 1.89. The molecule has 0 radical (unpaired) electrons. The van der Waals surface area contributed by atoms with Crippen LogP contribution in [0.3, 0.4) is 0 Å². The van der Waals surface area contributed by atoms with Gasteiger partial charge < -0.3 is 0 Å². The van der Waals surface area contributed by atoms with Gasteiger partial charge in [0.2, 0.25) is 0 Å². The summed E-state index contributed by atoms with van der Waals surface area (Å²) in [5, 5.41) is 19.4. The Bertz CT molecular complexity index is 856. The summed E-state index contributed by atoms with van der Waals surface area (Å²) in [5.74, 6) is 0. The SMILES string of the molecule is O=Nc1ccc(N=Nc2ccc(N=Nc3ccccc3)cc2)cc1. The van der Waals surface area contributed by atoms with Crippen molar-refractivity contribution in [2.75, 3.05) is 0 Å². The van der Waals surface area contributed by atoms with Crippen molar-refractivity contribution in [3.05, 3.63) is 83.8 Å². The van der Waals surface area contributed by atoms with E-state index in [1.54, 1.807) is 24.3 Å². The summed E-state index contributed by atoms with van der Waals surface area (Å²) < 4.78 is 0. The molecule has 6 heteroatoms. The van der Waals surface area contributed by atoms with Crippen LogP contribution < -0.4 is 0 Å². The number of nitroso groups, excluding NO2 is 1. The van der Waals surface area contributed by atoms with Crippen LogP contribution in [0, 0.1) is 4.91 Å². The zero-order valence-corrected chi connectivity index (χ0v) is 12.6. The van der Waals surface area contributed by atoms with Gasteiger partial charge in [-0.2, -0.15) is 20.5 Å². The van der Waals surface area contributed by atoms with Crippen LogP contribution in [0.5, 0.6) is 0 Å². The second-order valence-corrected chi connectivity index (χ2v) is 4.86. The van der Waals surface area contributed by atoms with Crippen LogP contribution in [0.15, 0.2) is 104 Å². The maximum absolute atomic E-state index is 10.4. The van der Waals surface area contributed by atoms with Gasteiger partial charge in [-0.25, -0.2) is 0 Å². The van der Waals surface area contributed by atoms with Crippen molar-refractivity contribution in [2.45, 2.75) is 0 Å². The number of hydrogen-bond acceptors (Lipinski definition) is 6. The van der Waals surface area contributed by atoms with Gasteiger partial charge in [0.15, 0.2) is 0 Å². The largest absolute Gasteiger partial charge is 0.151 e. The molecule has 0 aliphatic heterocycles. The van der Waals surface area contributed by atoms with Gasteiger partial charge in [0, 0.05) is 0 Å². The zero-order chi connectivity index (χ0) is 16.6. The van der Waals surface area contributed by atoms with E-state index in [1.165, 1.54) is 0 Å². The molecule has 0 N–H and O–H groups in total. The Hall–Kier alpha value is -3.54. The Morgan fingerprint density at radius 2 is 0.750 bits per heavy atom. The fourth-order valence-electron chi connectivity index (χ4n) is 1.89. The second kappa shape index (κ2) is 7.64. The van der Waals surface area contributed by atoms with E-state index < -0.39 is 0 Å². The lowest BCUT2D eigenvalue weighted by Crippen LogP contribution is -1.67. The van der Waals surface area contributed by atoms with Crippen molar-refractivity contribution in [2.24, 2.45) is 25.6 Å². The Morgan fingerprint density at radius 1 is 0.417 bits per heavy atom. The molecular formula is C18H13N5O. The molecule has 0 atom stereocenters. The maximum Gasteiger partial charge on any atom is 0.108 e. The molecule has 24 heavy (non-hydrogen) atoms. The van der Waals surface area contributed by atoms with E-state index in [-0.39, 0.29) is 0 Å². The lowest BCUT2D eigenvalue weighted by atomic mass is 10.3. The first-order valence-corrected chi connectivity index (χ1v) is 7.25. The molecule has 0 fully saturated rings. The first-order valence-electron chi connectivity index (χ1n) is 7.25.